The molecule has 4 atom stereocenters. The van der Waals surface area contributed by atoms with Crippen molar-refractivity contribution in [1.82, 2.24) is 5.32 Å². The zero-order valence-corrected chi connectivity index (χ0v) is 16.2. The summed E-state index contributed by atoms with van der Waals surface area (Å²) in [5.41, 5.74) is 8.13. The van der Waals surface area contributed by atoms with Gasteiger partial charge >= 0.3 is 0 Å². The van der Waals surface area contributed by atoms with Crippen molar-refractivity contribution >= 4 is 18.3 Å². The highest BCUT2D eigenvalue weighted by Gasteiger charge is 2.35. The van der Waals surface area contributed by atoms with Crippen molar-refractivity contribution in [3.63, 3.8) is 0 Å². The van der Waals surface area contributed by atoms with E-state index in [1.165, 1.54) is 12.8 Å². The predicted molar refractivity (Wildman–Crippen MR) is 103 cm³/mol. The van der Waals surface area contributed by atoms with Gasteiger partial charge in [0.05, 0.1) is 0 Å². The fraction of sp³-hybridized carbons (Fsp3) is 0.650. The molecular weight excluding hydrogens is 320 g/mol. The number of rotatable bonds is 5. The van der Waals surface area contributed by atoms with Crippen molar-refractivity contribution in [1.29, 1.82) is 0 Å². The van der Waals surface area contributed by atoms with Crippen molar-refractivity contribution in [2.75, 3.05) is 0 Å². The number of hydrogen-bond donors (Lipinski definition) is 2. The molecule has 136 valence electrons. The van der Waals surface area contributed by atoms with Gasteiger partial charge in [-0.15, -0.1) is 12.4 Å². The Bertz CT molecular complexity index is 513. The molecule has 1 aliphatic rings. The summed E-state index contributed by atoms with van der Waals surface area (Å²) in [6.07, 6.45) is 3.46. The van der Waals surface area contributed by atoms with Gasteiger partial charge in [0, 0.05) is 18.5 Å². The molecule has 1 aliphatic carbocycles. The van der Waals surface area contributed by atoms with E-state index in [1.807, 2.05) is 19.1 Å². The Kier molecular flexibility index (Phi) is 8.24. The summed E-state index contributed by atoms with van der Waals surface area (Å²) < 4.78 is 0. The Balaban J connectivity index is 0.00000288. The maximum Gasteiger partial charge on any atom is 0.223 e. The molecule has 1 unspecified atom stereocenters. The third-order valence-corrected chi connectivity index (χ3v) is 5.33. The third kappa shape index (κ3) is 5.49. The Morgan fingerprint density at radius 1 is 1.21 bits per heavy atom. The molecular formula is C20H33ClN2O. The van der Waals surface area contributed by atoms with Gasteiger partial charge < -0.3 is 11.1 Å². The van der Waals surface area contributed by atoms with Gasteiger partial charge in [-0.05, 0) is 48.6 Å². The smallest absolute Gasteiger partial charge is 0.223 e. The van der Waals surface area contributed by atoms with E-state index < -0.39 is 0 Å². The summed E-state index contributed by atoms with van der Waals surface area (Å²) in [6.45, 7) is 9.34. The predicted octanol–water partition coefficient (Wildman–Crippen LogP) is 4.45. The zero-order chi connectivity index (χ0) is 17.0. The second-order valence-electron chi connectivity index (χ2n) is 7.68. The lowest BCUT2D eigenvalue weighted by Crippen LogP contribution is -2.39. The van der Waals surface area contributed by atoms with E-state index in [-0.39, 0.29) is 30.3 Å². The lowest BCUT2D eigenvalue weighted by molar-refractivity contribution is -0.129. The second kappa shape index (κ2) is 9.43. The maximum atomic E-state index is 12.7. The Labute approximate surface area is 153 Å². The molecule has 0 heterocycles. The number of carbonyl (C=O) groups is 1. The summed E-state index contributed by atoms with van der Waals surface area (Å²) >= 11 is 0. The van der Waals surface area contributed by atoms with Crippen LogP contribution < -0.4 is 11.1 Å². The van der Waals surface area contributed by atoms with Gasteiger partial charge in [-0.1, -0.05) is 51.5 Å². The number of hydrogen-bond acceptors (Lipinski definition) is 2. The molecule has 1 fully saturated rings. The average Bonchev–Trinajstić information content (AvgIpc) is 2.52. The van der Waals surface area contributed by atoms with E-state index in [2.05, 4.69) is 38.2 Å². The molecule has 2 rings (SSSR count). The van der Waals surface area contributed by atoms with Crippen LogP contribution in [0.4, 0.5) is 0 Å². The fourth-order valence-corrected chi connectivity index (χ4v) is 3.76. The van der Waals surface area contributed by atoms with Crippen LogP contribution in [0.3, 0.4) is 0 Å². The summed E-state index contributed by atoms with van der Waals surface area (Å²) in [5.74, 6) is 2.15. The molecule has 1 saturated carbocycles. The van der Waals surface area contributed by atoms with Crippen molar-refractivity contribution < 1.29 is 4.79 Å². The van der Waals surface area contributed by atoms with E-state index >= 15 is 0 Å². The summed E-state index contributed by atoms with van der Waals surface area (Å²) in [7, 11) is 0. The highest BCUT2D eigenvalue weighted by molar-refractivity contribution is 5.85. The van der Waals surface area contributed by atoms with Crippen LogP contribution in [-0.4, -0.2) is 5.91 Å². The van der Waals surface area contributed by atoms with Gasteiger partial charge in [0.15, 0.2) is 0 Å². The van der Waals surface area contributed by atoms with Crippen LogP contribution in [-0.2, 0) is 11.3 Å². The summed E-state index contributed by atoms with van der Waals surface area (Å²) in [4.78, 5) is 12.7. The van der Waals surface area contributed by atoms with E-state index in [4.69, 9.17) is 5.73 Å². The first-order valence-electron chi connectivity index (χ1n) is 9.00. The number of amides is 1. The number of carbonyl (C=O) groups excluding carboxylic acids is 1. The van der Waals surface area contributed by atoms with Crippen molar-refractivity contribution in [2.45, 2.75) is 59.5 Å². The molecule has 0 aliphatic heterocycles. The Hall–Kier alpha value is -1.06. The molecule has 0 spiro atoms. The van der Waals surface area contributed by atoms with Crippen LogP contribution in [0.2, 0.25) is 0 Å². The number of halogens is 1. The average molecular weight is 353 g/mol. The van der Waals surface area contributed by atoms with Crippen LogP contribution in [0.25, 0.3) is 0 Å². The van der Waals surface area contributed by atoms with Crippen LogP contribution in [0.1, 0.15) is 64.1 Å². The van der Waals surface area contributed by atoms with Crippen LogP contribution in [0.15, 0.2) is 24.3 Å². The van der Waals surface area contributed by atoms with Crippen molar-refractivity contribution in [3.8, 4) is 0 Å². The van der Waals surface area contributed by atoms with Gasteiger partial charge in [-0.2, -0.15) is 0 Å². The van der Waals surface area contributed by atoms with Gasteiger partial charge in [0.25, 0.3) is 0 Å². The first-order chi connectivity index (χ1) is 10.9. The van der Waals surface area contributed by atoms with Gasteiger partial charge in [0.1, 0.15) is 0 Å². The lowest BCUT2D eigenvalue weighted by atomic mass is 9.70. The molecule has 24 heavy (non-hydrogen) atoms. The Morgan fingerprint density at radius 2 is 1.83 bits per heavy atom. The van der Waals surface area contributed by atoms with Crippen LogP contribution in [0, 0.1) is 23.7 Å². The van der Waals surface area contributed by atoms with Crippen molar-refractivity contribution in [3.05, 3.63) is 35.4 Å². The molecule has 1 aromatic carbocycles. The van der Waals surface area contributed by atoms with Crippen molar-refractivity contribution in [2.24, 2.45) is 29.4 Å². The molecule has 0 aromatic heterocycles. The standard InChI is InChI=1S/C20H32N2O.ClH/c1-13(2)18-10-5-14(3)11-19(18)20(23)22-12-16-6-8-17(9-7-16)15(4)21;/h6-9,13-15,18-19H,5,10-12,21H2,1-4H3,(H,22,23);1H/t14-,15?,18+,19-;/m1./s1. The van der Waals surface area contributed by atoms with E-state index in [1.54, 1.807) is 0 Å². The Morgan fingerprint density at radius 3 is 2.38 bits per heavy atom. The highest BCUT2D eigenvalue weighted by Crippen LogP contribution is 2.38. The third-order valence-electron chi connectivity index (χ3n) is 5.33. The minimum atomic E-state index is 0. The molecule has 3 N–H and O–H groups in total. The van der Waals surface area contributed by atoms with Crippen LogP contribution >= 0.6 is 12.4 Å². The maximum absolute atomic E-state index is 12.7. The molecule has 0 radical (unpaired) electrons. The molecule has 0 bridgehead atoms. The molecule has 0 saturated heterocycles. The first kappa shape index (κ1) is 21.0. The quantitative estimate of drug-likeness (QED) is 0.822. The first-order valence-corrected chi connectivity index (χ1v) is 9.00. The SMILES string of the molecule is CC(N)c1ccc(CNC(=O)[C@@H]2C[C@H](C)CC[C@H]2C(C)C)cc1.Cl. The molecule has 3 nitrogen and oxygen atoms in total. The van der Waals surface area contributed by atoms with Gasteiger partial charge in [0.2, 0.25) is 5.91 Å². The number of benzene rings is 1. The monoisotopic (exact) mass is 352 g/mol. The highest BCUT2D eigenvalue weighted by atomic mass is 35.5. The second-order valence-corrected chi connectivity index (χ2v) is 7.68. The largest absolute Gasteiger partial charge is 0.352 e. The molecule has 1 aromatic rings. The summed E-state index contributed by atoms with van der Waals surface area (Å²) in [5, 5.41) is 3.15. The fourth-order valence-electron chi connectivity index (χ4n) is 3.76. The topological polar surface area (TPSA) is 55.1 Å². The number of nitrogens with two attached hydrogens (primary N) is 1. The summed E-state index contributed by atoms with van der Waals surface area (Å²) in [6, 6.07) is 8.26. The van der Waals surface area contributed by atoms with Crippen LogP contribution in [0.5, 0.6) is 0 Å². The van der Waals surface area contributed by atoms with Gasteiger partial charge in [-0.25, -0.2) is 0 Å². The van der Waals surface area contributed by atoms with E-state index in [0.29, 0.717) is 24.3 Å². The normalized spacial score (nSPS) is 25.0. The van der Waals surface area contributed by atoms with E-state index in [0.717, 1.165) is 17.5 Å². The number of nitrogens with one attached hydrogen (secondary N) is 1. The molecule has 1 amide bonds. The lowest BCUT2D eigenvalue weighted by Gasteiger charge is -2.36. The zero-order valence-electron chi connectivity index (χ0n) is 15.4. The minimum absolute atomic E-state index is 0. The van der Waals surface area contributed by atoms with E-state index in [9.17, 15) is 4.79 Å². The molecule has 4 heteroatoms. The van der Waals surface area contributed by atoms with Gasteiger partial charge in [-0.3, -0.25) is 4.79 Å². The minimum Gasteiger partial charge on any atom is -0.352 e.